The van der Waals surface area contributed by atoms with E-state index in [1.807, 2.05) is 24.3 Å². The molecule has 1 saturated carbocycles. The van der Waals surface area contributed by atoms with E-state index in [0.29, 0.717) is 6.42 Å². The van der Waals surface area contributed by atoms with Crippen LogP contribution in [0.3, 0.4) is 0 Å². The minimum absolute atomic E-state index is 0.114. The number of carbonyl (C=O) groups is 2. The van der Waals surface area contributed by atoms with Gasteiger partial charge in [-0.2, -0.15) is 0 Å². The summed E-state index contributed by atoms with van der Waals surface area (Å²) in [4.78, 5) is 28.1. The molecule has 1 heterocycles. The van der Waals surface area contributed by atoms with Crippen LogP contribution in [0.2, 0.25) is 0 Å². The second kappa shape index (κ2) is 7.98. The molecule has 0 unspecified atom stereocenters. The van der Waals surface area contributed by atoms with Gasteiger partial charge in [-0.3, -0.25) is 9.59 Å². The van der Waals surface area contributed by atoms with Crippen LogP contribution in [0.5, 0.6) is 0 Å². The number of thioether (sulfide) groups is 1. The van der Waals surface area contributed by atoms with Crippen LogP contribution in [0.15, 0.2) is 28.6 Å². The molecule has 0 spiro atoms. The lowest BCUT2D eigenvalue weighted by Gasteiger charge is -2.22. The highest BCUT2D eigenvalue weighted by Gasteiger charge is 2.30. The topological polar surface area (TPSA) is 79.3 Å². The van der Waals surface area contributed by atoms with E-state index in [4.69, 9.17) is 0 Å². The Morgan fingerprint density at radius 3 is 2.83 bits per heavy atom. The third-order valence-corrected chi connectivity index (χ3v) is 6.46. The summed E-state index contributed by atoms with van der Waals surface area (Å²) in [5.41, 5.74) is 0.945. The van der Waals surface area contributed by atoms with Crippen LogP contribution < -0.4 is 5.32 Å². The van der Waals surface area contributed by atoms with E-state index in [9.17, 15) is 14.7 Å². The molecular formula is C17H20N2O3S2. The zero-order valence-corrected chi connectivity index (χ0v) is 14.9. The van der Waals surface area contributed by atoms with Crippen molar-refractivity contribution in [3.63, 3.8) is 0 Å². The summed E-state index contributed by atoms with van der Waals surface area (Å²) < 4.78 is 1.97. The fraction of sp³-hybridized carbons (Fsp3) is 0.471. The normalized spacial score (nSPS) is 21.3. The van der Waals surface area contributed by atoms with Crippen LogP contribution in [-0.2, 0) is 9.59 Å². The Morgan fingerprint density at radius 2 is 2.04 bits per heavy atom. The lowest BCUT2D eigenvalue weighted by atomic mass is 9.95. The van der Waals surface area contributed by atoms with Gasteiger partial charge in [-0.25, -0.2) is 4.98 Å². The first-order chi connectivity index (χ1) is 11.6. The van der Waals surface area contributed by atoms with Gasteiger partial charge in [0.1, 0.15) is 0 Å². The van der Waals surface area contributed by atoms with Gasteiger partial charge in [0.05, 0.1) is 21.9 Å². The minimum Gasteiger partial charge on any atom is -0.481 e. The second-order valence-corrected chi connectivity index (χ2v) is 8.25. The molecule has 3 rings (SSSR count). The number of hydrogen-bond acceptors (Lipinski definition) is 5. The van der Waals surface area contributed by atoms with Crippen molar-refractivity contribution in [1.29, 1.82) is 0 Å². The summed E-state index contributed by atoms with van der Waals surface area (Å²) in [6.07, 6.45) is 4.32. The standard InChI is InChI=1S/C17H20N2O3S2/c20-15(18-12-7-3-1-2-6-11(12)16(21)22)10-23-17-19-13-8-4-5-9-14(13)24-17/h4-5,8-9,11-12H,1-3,6-7,10H2,(H,18,20)(H,21,22)/t11-,12+/m1/s1. The number of carbonyl (C=O) groups excluding carboxylic acids is 1. The number of amides is 1. The number of para-hydroxylation sites is 1. The molecule has 0 radical (unpaired) electrons. The smallest absolute Gasteiger partial charge is 0.308 e. The first kappa shape index (κ1) is 17.2. The van der Waals surface area contributed by atoms with Gasteiger partial charge < -0.3 is 10.4 Å². The van der Waals surface area contributed by atoms with Gasteiger partial charge in [0, 0.05) is 6.04 Å². The maximum atomic E-state index is 12.2. The Kier molecular flexibility index (Phi) is 5.73. The van der Waals surface area contributed by atoms with Crippen molar-refractivity contribution in [2.45, 2.75) is 42.5 Å². The van der Waals surface area contributed by atoms with Gasteiger partial charge >= 0.3 is 5.97 Å². The number of carboxylic acid groups (broad SMARTS) is 1. The number of nitrogens with zero attached hydrogens (tertiary/aromatic N) is 1. The summed E-state index contributed by atoms with van der Waals surface area (Å²) in [6.45, 7) is 0. The van der Waals surface area contributed by atoms with Gasteiger partial charge in [-0.15, -0.1) is 11.3 Å². The summed E-state index contributed by atoms with van der Waals surface area (Å²) in [7, 11) is 0. The summed E-state index contributed by atoms with van der Waals surface area (Å²) in [5.74, 6) is -1.12. The van der Waals surface area contributed by atoms with Crippen LogP contribution in [-0.4, -0.2) is 33.8 Å². The monoisotopic (exact) mass is 364 g/mol. The third-order valence-electron chi connectivity index (χ3n) is 4.28. The number of benzene rings is 1. The molecule has 128 valence electrons. The molecular weight excluding hydrogens is 344 g/mol. The number of thiazole rings is 1. The molecule has 0 bridgehead atoms. The van der Waals surface area contributed by atoms with E-state index in [0.717, 1.165) is 40.2 Å². The zero-order valence-electron chi connectivity index (χ0n) is 13.2. The molecule has 1 aliphatic rings. The average Bonchev–Trinajstić information content (AvgIpc) is 2.84. The van der Waals surface area contributed by atoms with Crippen LogP contribution in [0.25, 0.3) is 10.2 Å². The maximum Gasteiger partial charge on any atom is 0.308 e. The molecule has 0 saturated heterocycles. The van der Waals surface area contributed by atoms with Crippen LogP contribution in [0.1, 0.15) is 32.1 Å². The van der Waals surface area contributed by atoms with Crippen LogP contribution >= 0.6 is 23.1 Å². The zero-order chi connectivity index (χ0) is 16.9. The molecule has 7 heteroatoms. The quantitative estimate of drug-likeness (QED) is 0.627. The van der Waals surface area contributed by atoms with Crippen molar-refractivity contribution in [1.82, 2.24) is 10.3 Å². The Morgan fingerprint density at radius 1 is 1.25 bits per heavy atom. The highest BCUT2D eigenvalue weighted by Crippen LogP contribution is 2.29. The second-order valence-electron chi connectivity index (χ2n) is 5.99. The highest BCUT2D eigenvalue weighted by molar-refractivity contribution is 8.01. The van der Waals surface area contributed by atoms with E-state index >= 15 is 0 Å². The molecule has 2 N–H and O–H groups in total. The number of aliphatic carboxylic acids is 1. The highest BCUT2D eigenvalue weighted by atomic mass is 32.2. The lowest BCUT2D eigenvalue weighted by molar-refractivity contribution is -0.143. The number of nitrogens with one attached hydrogen (secondary N) is 1. The number of fused-ring (bicyclic) bond motifs is 1. The molecule has 0 aliphatic heterocycles. The van der Waals surface area contributed by atoms with E-state index in [1.54, 1.807) is 11.3 Å². The van der Waals surface area contributed by atoms with Crippen molar-refractivity contribution in [2.24, 2.45) is 5.92 Å². The van der Waals surface area contributed by atoms with E-state index in [2.05, 4.69) is 10.3 Å². The molecule has 5 nitrogen and oxygen atoms in total. The molecule has 2 atom stereocenters. The van der Waals surface area contributed by atoms with Crippen LogP contribution in [0, 0.1) is 5.92 Å². The van der Waals surface area contributed by atoms with E-state index in [1.165, 1.54) is 11.8 Å². The van der Waals surface area contributed by atoms with Crippen molar-refractivity contribution in [3.8, 4) is 0 Å². The molecule has 1 aliphatic carbocycles. The SMILES string of the molecule is O=C(CSc1nc2ccccc2s1)N[C@H]1CCCCC[C@H]1C(=O)O. The molecule has 1 amide bonds. The Bertz CT molecular complexity index is 698. The van der Waals surface area contributed by atoms with E-state index < -0.39 is 11.9 Å². The molecule has 1 fully saturated rings. The first-order valence-electron chi connectivity index (χ1n) is 8.14. The Balaban J connectivity index is 1.57. The van der Waals surface area contributed by atoms with Crippen LogP contribution in [0.4, 0.5) is 0 Å². The van der Waals surface area contributed by atoms with Gasteiger partial charge in [-0.05, 0) is 25.0 Å². The fourth-order valence-electron chi connectivity index (χ4n) is 3.06. The van der Waals surface area contributed by atoms with Gasteiger partial charge in [0.25, 0.3) is 0 Å². The van der Waals surface area contributed by atoms with Crippen molar-refractivity contribution >= 4 is 45.2 Å². The van der Waals surface area contributed by atoms with Crippen molar-refractivity contribution < 1.29 is 14.7 Å². The summed E-state index contributed by atoms with van der Waals surface area (Å²) in [6, 6.07) is 7.63. The number of rotatable bonds is 5. The fourth-order valence-corrected chi connectivity index (χ4v) is 4.94. The predicted octanol–water partition coefficient (Wildman–Crippen LogP) is 3.54. The summed E-state index contributed by atoms with van der Waals surface area (Å²) >= 11 is 2.98. The van der Waals surface area contributed by atoms with Crippen molar-refractivity contribution in [2.75, 3.05) is 5.75 Å². The van der Waals surface area contributed by atoms with Crippen molar-refractivity contribution in [3.05, 3.63) is 24.3 Å². The van der Waals surface area contributed by atoms with E-state index in [-0.39, 0.29) is 17.7 Å². The van der Waals surface area contributed by atoms with Gasteiger partial charge in [0.2, 0.25) is 5.91 Å². The number of aromatic nitrogens is 1. The number of hydrogen-bond donors (Lipinski definition) is 2. The molecule has 2 aromatic rings. The minimum atomic E-state index is -0.805. The molecule has 24 heavy (non-hydrogen) atoms. The maximum absolute atomic E-state index is 12.2. The van der Waals surface area contributed by atoms with Gasteiger partial charge in [0.15, 0.2) is 4.34 Å². The third kappa shape index (κ3) is 4.27. The average molecular weight is 364 g/mol. The largest absolute Gasteiger partial charge is 0.481 e. The predicted molar refractivity (Wildman–Crippen MR) is 96.5 cm³/mol. The number of carboxylic acids is 1. The Hall–Kier alpha value is -1.60. The van der Waals surface area contributed by atoms with Gasteiger partial charge in [-0.1, -0.05) is 43.2 Å². The molecule has 1 aromatic carbocycles. The first-order valence-corrected chi connectivity index (χ1v) is 9.94. The lowest BCUT2D eigenvalue weighted by Crippen LogP contribution is -2.43. The summed E-state index contributed by atoms with van der Waals surface area (Å²) in [5, 5.41) is 12.3. The Labute approximate surface area is 148 Å². The molecule has 1 aromatic heterocycles.